The summed E-state index contributed by atoms with van der Waals surface area (Å²) < 4.78 is 40.7. The Balaban J connectivity index is 2.45. The van der Waals surface area contributed by atoms with Crippen LogP contribution >= 0.6 is 15.9 Å². The summed E-state index contributed by atoms with van der Waals surface area (Å²) in [5, 5.41) is 3.14. The molecular weight excluding hydrogens is 331 g/mol. The highest BCUT2D eigenvalue weighted by atomic mass is 79.9. The van der Waals surface area contributed by atoms with Gasteiger partial charge < -0.3 is 5.32 Å². The van der Waals surface area contributed by atoms with E-state index in [1.165, 1.54) is 0 Å². The first-order valence-corrected chi connectivity index (χ1v) is 6.95. The Morgan fingerprint density at radius 1 is 1.00 bits per heavy atom. The number of rotatable bonds is 4. The van der Waals surface area contributed by atoms with Gasteiger partial charge in [0.05, 0.1) is 6.04 Å². The summed E-state index contributed by atoms with van der Waals surface area (Å²) in [6.07, 6.45) is 0. The van der Waals surface area contributed by atoms with Crippen molar-refractivity contribution >= 4 is 15.9 Å². The van der Waals surface area contributed by atoms with Crippen molar-refractivity contribution in [2.24, 2.45) is 0 Å². The summed E-state index contributed by atoms with van der Waals surface area (Å²) in [6.45, 7) is 2.50. The average molecular weight is 344 g/mol. The third-order valence-corrected chi connectivity index (χ3v) is 3.48. The van der Waals surface area contributed by atoms with E-state index in [4.69, 9.17) is 0 Å². The molecule has 2 rings (SSSR count). The third-order valence-electron chi connectivity index (χ3n) is 2.95. The second-order valence-electron chi connectivity index (χ2n) is 4.34. The predicted octanol–water partition coefficient (Wildman–Crippen LogP) is 4.57. The molecule has 0 bridgehead atoms. The zero-order valence-corrected chi connectivity index (χ0v) is 12.3. The van der Waals surface area contributed by atoms with Gasteiger partial charge in [0, 0.05) is 4.47 Å². The van der Waals surface area contributed by atoms with Gasteiger partial charge in [-0.3, -0.25) is 0 Å². The van der Waals surface area contributed by atoms with Crippen molar-refractivity contribution in [1.29, 1.82) is 0 Å². The number of nitrogens with one attached hydrogen (secondary N) is 1. The molecular formula is C15H13BrF3N. The number of halogens is 4. The lowest BCUT2D eigenvalue weighted by Gasteiger charge is -2.19. The van der Waals surface area contributed by atoms with Gasteiger partial charge in [-0.15, -0.1) is 0 Å². The van der Waals surface area contributed by atoms with E-state index in [0.717, 1.165) is 22.2 Å². The Labute approximate surface area is 123 Å². The molecule has 0 aromatic heterocycles. The zero-order valence-electron chi connectivity index (χ0n) is 10.8. The first-order valence-electron chi connectivity index (χ1n) is 6.16. The van der Waals surface area contributed by atoms with E-state index in [0.29, 0.717) is 12.1 Å². The van der Waals surface area contributed by atoms with Crippen LogP contribution in [0.25, 0.3) is 0 Å². The minimum absolute atomic E-state index is 0.352. The van der Waals surface area contributed by atoms with Crippen LogP contribution in [0.2, 0.25) is 0 Å². The van der Waals surface area contributed by atoms with Crippen molar-refractivity contribution in [3.63, 3.8) is 0 Å². The first kappa shape index (κ1) is 15.1. The molecule has 0 fully saturated rings. The second kappa shape index (κ2) is 6.41. The van der Waals surface area contributed by atoms with Gasteiger partial charge >= 0.3 is 0 Å². The SMILES string of the molecule is CCNC(c1ccc(Br)cc1)c1cc(F)c(F)c(F)c1. The molecule has 0 saturated carbocycles. The lowest BCUT2D eigenvalue weighted by atomic mass is 9.98. The van der Waals surface area contributed by atoms with Crippen LogP contribution in [-0.2, 0) is 0 Å². The fourth-order valence-corrected chi connectivity index (χ4v) is 2.29. The average Bonchev–Trinajstić information content (AvgIpc) is 2.43. The molecule has 5 heteroatoms. The minimum Gasteiger partial charge on any atom is -0.307 e. The van der Waals surface area contributed by atoms with E-state index in [1.807, 2.05) is 31.2 Å². The number of hydrogen-bond donors (Lipinski definition) is 1. The third kappa shape index (κ3) is 3.22. The molecule has 0 aliphatic heterocycles. The topological polar surface area (TPSA) is 12.0 Å². The van der Waals surface area contributed by atoms with Crippen LogP contribution in [0.4, 0.5) is 13.2 Å². The van der Waals surface area contributed by atoms with E-state index in [1.54, 1.807) is 0 Å². The summed E-state index contributed by atoms with van der Waals surface area (Å²) in [5.74, 6) is -3.81. The number of benzene rings is 2. The minimum atomic E-state index is -1.44. The summed E-state index contributed by atoms with van der Waals surface area (Å²) in [5.41, 5.74) is 1.20. The molecule has 0 radical (unpaired) electrons. The van der Waals surface area contributed by atoms with Crippen LogP contribution in [0.1, 0.15) is 24.1 Å². The molecule has 0 aliphatic carbocycles. The summed E-state index contributed by atoms with van der Waals surface area (Å²) in [4.78, 5) is 0. The normalized spacial score (nSPS) is 12.4. The Morgan fingerprint density at radius 2 is 1.55 bits per heavy atom. The maximum Gasteiger partial charge on any atom is 0.194 e. The molecule has 0 amide bonds. The molecule has 0 heterocycles. The van der Waals surface area contributed by atoms with E-state index in [-0.39, 0.29) is 0 Å². The van der Waals surface area contributed by atoms with Gasteiger partial charge in [0.25, 0.3) is 0 Å². The van der Waals surface area contributed by atoms with Crippen LogP contribution in [0, 0.1) is 17.5 Å². The van der Waals surface area contributed by atoms with Gasteiger partial charge in [0.2, 0.25) is 0 Å². The number of hydrogen-bond acceptors (Lipinski definition) is 1. The molecule has 2 aromatic rings. The highest BCUT2D eigenvalue weighted by Gasteiger charge is 2.18. The van der Waals surface area contributed by atoms with E-state index < -0.39 is 23.5 Å². The fourth-order valence-electron chi connectivity index (χ4n) is 2.03. The van der Waals surface area contributed by atoms with E-state index in [9.17, 15) is 13.2 Å². The molecule has 1 unspecified atom stereocenters. The van der Waals surface area contributed by atoms with Gasteiger partial charge in [-0.25, -0.2) is 13.2 Å². The van der Waals surface area contributed by atoms with Crippen LogP contribution in [0.15, 0.2) is 40.9 Å². The molecule has 20 heavy (non-hydrogen) atoms. The quantitative estimate of drug-likeness (QED) is 0.802. The molecule has 2 aromatic carbocycles. The maximum atomic E-state index is 13.4. The molecule has 106 valence electrons. The molecule has 0 aliphatic rings. The van der Waals surface area contributed by atoms with Crippen molar-refractivity contribution in [1.82, 2.24) is 5.32 Å². The lowest BCUT2D eigenvalue weighted by Crippen LogP contribution is -2.22. The van der Waals surface area contributed by atoms with Gasteiger partial charge in [-0.2, -0.15) is 0 Å². The van der Waals surface area contributed by atoms with Crippen LogP contribution < -0.4 is 5.32 Å². The Kier molecular flexibility index (Phi) is 4.83. The standard InChI is InChI=1S/C15H13BrF3N/c1-2-20-15(9-3-5-11(16)6-4-9)10-7-12(17)14(19)13(18)8-10/h3-8,15,20H,2H2,1H3. The Bertz CT molecular complexity index is 576. The van der Waals surface area contributed by atoms with E-state index >= 15 is 0 Å². The zero-order chi connectivity index (χ0) is 14.7. The molecule has 1 atom stereocenters. The maximum absolute atomic E-state index is 13.4. The van der Waals surface area contributed by atoms with E-state index in [2.05, 4.69) is 21.2 Å². The molecule has 0 spiro atoms. The van der Waals surface area contributed by atoms with Crippen molar-refractivity contribution in [3.05, 3.63) is 69.4 Å². The monoisotopic (exact) mass is 343 g/mol. The largest absolute Gasteiger partial charge is 0.307 e. The first-order chi connectivity index (χ1) is 9.52. The van der Waals surface area contributed by atoms with Crippen molar-refractivity contribution in [2.75, 3.05) is 6.54 Å². The Hall–Kier alpha value is -1.33. The van der Waals surface area contributed by atoms with Crippen LogP contribution in [-0.4, -0.2) is 6.54 Å². The Morgan fingerprint density at radius 3 is 2.05 bits per heavy atom. The van der Waals surface area contributed by atoms with Crippen LogP contribution in [0.3, 0.4) is 0 Å². The van der Waals surface area contributed by atoms with Gasteiger partial charge in [-0.1, -0.05) is 35.0 Å². The predicted molar refractivity (Wildman–Crippen MR) is 76.0 cm³/mol. The summed E-state index contributed by atoms with van der Waals surface area (Å²) in [6, 6.07) is 9.03. The van der Waals surface area contributed by atoms with Crippen molar-refractivity contribution in [3.8, 4) is 0 Å². The highest BCUT2D eigenvalue weighted by molar-refractivity contribution is 9.10. The van der Waals surface area contributed by atoms with Gasteiger partial charge in [0.1, 0.15) is 0 Å². The van der Waals surface area contributed by atoms with Crippen molar-refractivity contribution in [2.45, 2.75) is 13.0 Å². The molecule has 0 saturated heterocycles. The molecule has 1 nitrogen and oxygen atoms in total. The lowest BCUT2D eigenvalue weighted by molar-refractivity contribution is 0.442. The summed E-state index contributed by atoms with van der Waals surface area (Å²) in [7, 11) is 0. The molecule has 1 N–H and O–H groups in total. The van der Waals surface area contributed by atoms with Gasteiger partial charge in [-0.05, 0) is 41.9 Å². The smallest absolute Gasteiger partial charge is 0.194 e. The van der Waals surface area contributed by atoms with Crippen LogP contribution in [0.5, 0.6) is 0 Å². The highest BCUT2D eigenvalue weighted by Crippen LogP contribution is 2.26. The summed E-state index contributed by atoms with van der Waals surface area (Å²) >= 11 is 3.33. The fraction of sp³-hybridized carbons (Fsp3) is 0.200. The second-order valence-corrected chi connectivity index (χ2v) is 5.26. The van der Waals surface area contributed by atoms with Crippen molar-refractivity contribution < 1.29 is 13.2 Å². The van der Waals surface area contributed by atoms with Gasteiger partial charge in [0.15, 0.2) is 17.5 Å².